The van der Waals surface area contributed by atoms with Crippen LogP contribution in [0, 0.1) is 6.92 Å². The maximum atomic E-state index is 12.6. The molecule has 1 aromatic rings. The summed E-state index contributed by atoms with van der Waals surface area (Å²) >= 11 is 0. The quantitative estimate of drug-likeness (QED) is 0.706. The van der Waals surface area contributed by atoms with Crippen LogP contribution in [0.4, 0.5) is 0 Å². The Balaban J connectivity index is 2.27. The average Bonchev–Trinajstić information content (AvgIpc) is 3.20. The predicted molar refractivity (Wildman–Crippen MR) is 86.9 cm³/mol. The van der Waals surface area contributed by atoms with E-state index in [-0.39, 0.29) is 29.6 Å². The number of aryl methyl sites for hydroxylation is 1. The Morgan fingerprint density at radius 2 is 2.00 bits per heavy atom. The molecule has 2 rings (SSSR count). The highest BCUT2D eigenvalue weighted by Gasteiger charge is 2.32. The van der Waals surface area contributed by atoms with Crippen molar-refractivity contribution in [3.05, 3.63) is 17.6 Å². The van der Waals surface area contributed by atoms with Gasteiger partial charge < -0.3 is 19.2 Å². The third-order valence-corrected chi connectivity index (χ3v) is 5.95. The number of hydrogen-bond acceptors (Lipinski definition) is 6. The van der Waals surface area contributed by atoms with E-state index in [1.807, 2.05) is 0 Å². The second-order valence-corrected chi connectivity index (χ2v) is 7.66. The number of rotatable bonds is 8. The maximum Gasteiger partial charge on any atom is 0.323 e. The van der Waals surface area contributed by atoms with E-state index in [0.29, 0.717) is 13.1 Å². The fourth-order valence-corrected chi connectivity index (χ4v) is 4.35. The number of hydrogen-bond donors (Lipinski definition) is 1. The Morgan fingerprint density at radius 3 is 2.56 bits per heavy atom. The van der Waals surface area contributed by atoms with Gasteiger partial charge in [-0.1, -0.05) is 0 Å². The molecule has 1 aliphatic heterocycles. The molecule has 1 fully saturated rings. The lowest BCUT2D eigenvalue weighted by Crippen LogP contribution is -2.37. The van der Waals surface area contributed by atoms with E-state index in [1.54, 1.807) is 0 Å². The molecule has 0 atom stereocenters. The highest BCUT2D eigenvalue weighted by molar-refractivity contribution is 7.89. The van der Waals surface area contributed by atoms with Crippen LogP contribution in [0.15, 0.2) is 15.4 Å². The summed E-state index contributed by atoms with van der Waals surface area (Å²) in [6, 6.07) is 1.17. The zero-order valence-electron chi connectivity index (χ0n) is 14.2. The van der Waals surface area contributed by atoms with Gasteiger partial charge in [0.25, 0.3) is 5.91 Å². The number of furan rings is 1. The van der Waals surface area contributed by atoms with E-state index in [0.717, 1.165) is 17.7 Å². The Labute approximate surface area is 146 Å². The Bertz CT molecular complexity index is 735. The smallest absolute Gasteiger partial charge is 0.323 e. The van der Waals surface area contributed by atoms with Gasteiger partial charge in [0.05, 0.1) is 6.61 Å². The van der Waals surface area contributed by atoms with Crippen LogP contribution in [0.25, 0.3) is 0 Å². The molecule has 1 N–H and O–H groups in total. The van der Waals surface area contributed by atoms with Crippen molar-refractivity contribution in [3.8, 4) is 0 Å². The van der Waals surface area contributed by atoms with Gasteiger partial charge in [0.1, 0.15) is 17.2 Å². The molecule has 2 heterocycles. The summed E-state index contributed by atoms with van der Waals surface area (Å²) in [6.07, 6.45) is 1.59. The predicted octanol–water partition coefficient (Wildman–Crippen LogP) is 0.546. The first kappa shape index (κ1) is 19.4. The molecule has 1 amide bonds. The largest absolute Gasteiger partial charge is 0.480 e. The van der Waals surface area contributed by atoms with Crippen LogP contribution in [0.1, 0.15) is 29.2 Å². The van der Waals surface area contributed by atoms with Crippen molar-refractivity contribution in [3.63, 3.8) is 0 Å². The first-order valence-electron chi connectivity index (χ1n) is 7.88. The minimum Gasteiger partial charge on any atom is -0.480 e. The van der Waals surface area contributed by atoms with Crippen LogP contribution >= 0.6 is 0 Å². The fraction of sp³-hybridized carbons (Fsp3) is 0.600. The van der Waals surface area contributed by atoms with Crippen LogP contribution < -0.4 is 0 Å². The van der Waals surface area contributed by atoms with Crippen molar-refractivity contribution in [1.29, 1.82) is 0 Å². The molecule has 0 aromatic carbocycles. The molecular formula is C15H22N2O7S. The number of methoxy groups -OCH3 is 1. The molecule has 0 bridgehead atoms. The first-order chi connectivity index (χ1) is 11.8. The zero-order valence-corrected chi connectivity index (χ0v) is 15.0. The lowest BCUT2D eigenvalue weighted by molar-refractivity contribution is -0.137. The van der Waals surface area contributed by atoms with Crippen LogP contribution in [-0.4, -0.2) is 74.5 Å². The highest BCUT2D eigenvalue weighted by Crippen LogP contribution is 2.26. The topological polar surface area (TPSA) is 117 Å². The highest BCUT2D eigenvalue weighted by atomic mass is 32.2. The van der Waals surface area contributed by atoms with Gasteiger partial charge in [-0.15, -0.1) is 0 Å². The van der Waals surface area contributed by atoms with Gasteiger partial charge in [0.2, 0.25) is 10.0 Å². The van der Waals surface area contributed by atoms with Crippen molar-refractivity contribution in [1.82, 2.24) is 9.21 Å². The summed E-state index contributed by atoms with van der Waals surface area (Å²) in [5, 5.41) is 8.94. The van der Waals surface area contributed by atoms with Crippen LogP contribution in [-0.2, 0) is 19.6 Å². The van der Waals surface area contributed by atoms with Crippen molar-refractivity contribution in [2.45, 2.75) is 24.7 Å². The third-order valence-electron chi connectivity index (χ3n) is 3.94. The van der Waals surface area contributed by atoms with Gasteiger partial charge in [0, 0.05) is 32.8 Å². The second-order valence-electron chi connectivity index (χ2n) is 5.76. The van der Waals surface area contributed by atoms with Crippen molar-refractivity contribution in [2.24, 2.45) is 0 Å². The number of aliphatic carboxylic acids is 1. The first-order valence-corrected chi connectivity index (χ1v) is 9.32. The number of nitrogens with zero attached hydrogens (tertiary/aromatic N) is 2. The fourth-order valence-electron chi connectivity index (χ4n) is 2.67. The van der Waals surface area contributed by atoms with E-state index >= 15 is 0 Å². The maximum absolute atomic E-state index is 12.6. The number of carboxylic acid groups (broad SMARTS) is 1. The summed E-state index contributed by atoms with van der Waals surface area (Å²) < 4.78 is 36.8. The van der Waals surface area contributed by atoms with E-state index in [1.165, 1.54) is 24.4 Å². The standard InChI is InChI=1S/C15H22N2O7S/c1-11-13(25(21,22)17-5-3-4-6-17)9-12(24-11)15(20)16(7-8-23-2)10-14(18)19/h9H,3-8,10H2,1-2H3,(H,18,19). The van der Waals surface area contributed by atoms with Gasteiger partial charge in [0.15, 0.2) is 5.76 Å². The molecule has 140 valence electrons. The van der Waals surface area contributed by atoms with E-state index in [2.05, 4.69) is 0 Å². The summed E-state index contributed by atoms with van der Waals surface area (Å²) in [5.74, 6) is -1.96. The molecule has 0 radical (unpaired) electrons. The van der Waals surface area contributed by atoms with Crippen LogP contribution in [0.3, 0.4) is 0 Å². The van der Waals surface area contributed by atoms with Gasteiger partial charge in [-0.3, -0.25) is 9.59 Å². The normalized spacial score (nSPS) is 15.4. The van der Waals surface area contributed by atoms with Crippen LogP contribution in [0.2, 0.25) is 0 Å². The average molecular weight is 374 g/mol. The van der Waals surface area contributed by atoms with Crippen molar-refractivity contribution in [2.75, 3.05) is 39.9 Å². The third kappa shape index (κ3) is 4.39. The second kappa shape index (κ2) is 7.98. The molecule has 1 aliphatic rings. The van der Waals surface area contributed by atoms with E-state index in [4.69, 9.17) is 14.3 Å². The summed E-state index contributed by atoms with van der Waals surface area (Å²) in [5.41, 5.74) is 0. The Morgan fingerprint density at radius 1 is 1.36 bits per heavy atom. The minimum atomic E-state index is -3.72. The summed E-state index contributed by atoms with van der Waals surface area (Å²) in [6.45, 7) is 2.02. The van der Waals surface area contributed by atoms with Gasteiger partial charge in [-0.05, 0) is 19.8 Å². The molecule has 25 heavy (non-hydrogen) atoms. The molecule has 10 heteroatoms. The number of ether oxygens (including phenoxy) is 1. The lowest BCUT2D eigenvalue weighted by Gasteiger charge is -2.18. The number of sulfonamides is 1. The van der Waals surface area contributed by atoms with Gasteiger partial charge >= 0.3 is 5.97 Å². The Kier molecular flexibility index (Phi) is 6.20. The lowest BCUT2D eigenvalue weighted by atomic mass is 10.3. The van der Waals surface area contributed by atoms with Gasteiger partial charge in [-0.2, -0.15) is 4.31 Å². The Hall–Kier alpha value is -1.91. The minimum absolute atomic E-state index is 0.0512. The summed E-state index contributed by atoms with van der Waals surface area (Å²) in [4.78, 5) is 24.4. The molecule has 0 saturated carbocycles. The van der Waals surface area contributed by atoms with Crippen molar-refractivity contribution < 1.29 is 32.3 Å². The van der Waals surface area contributed by atoms with Gasteiger partial charge in [-0.25, -0.2) is 8.42 Å². The molecule has 9 nitrogen and oxygen atoms in total. The van der Waals surface area contributed by atoms with E-state index < -0.39 is 28.4 Å². The number of carbonyl (C=O) groups excluding carboxylic acids is 1. The number of amides is 1. The molecule has 1 aromatic heterocycles. The molecule has 1 saturated heterocycles. The number of carbonyl (C=O) groups is 2. The zero-order chi connectivity index (χ0) is 18.6. The summed E-state index contributed by atoms with van der Waals surface area (Å²) in [7, 11) is -2.29. The molecule has 0 aliphatic carbocycles. The molecule has 0 spiro atoms. The number of carboxylic acids is 1. The SMILES string of the molecule is COCCN(CC(=O)O)C(=O)c1cc(S(=O)(=O)N2CCCC2)c(C)o1. The molecule has 0 unspecified atom stereocenters. The van der Waals surface area contributed by atoms with Crippen molar-refractivity contribution >= 4 is 21.9 Å². The monoisotopic (exact) mass is 374 g/mol. The van der Waals surface area contributed by atoms with E-state index in [9.17, 15) is 18.0 Å². The van der Waals surface area contributed by atoms with Crippen LogP contribution in [0.5, 0.6) is 0 Å². The molecular weight excluding hydrogens is 352 g/mol.